The van der Waals surface area contributed by atoms with Gasteiger partial charge in [0.05, 0.1) is 5.56 Å². The summed E-state index contributed by atoms with van der Waals surface area (Å²) in [5.41, 5.74) is 1.32. The van der Waals surface area contributed by atoms with E-state index in [0.29, 0.717) is 18.3 Å². The van der Waals surface area contributed by atoms with E-state index in [-0.39, 0.29) is 5.56 Å². The van der Waals surface area contributed by atoms with Crippen molar-refractivity contribution in [2.24, 2.45) is 0 Å². The predicted octanol–water partition coefficient (Wildman–Crippen LogP) is 1.93. The van der Waals surface area contributed by atoms with Crippen molar-refractivity contribution in [3.63, 3.8) is 0 Å². The van der Waals surface area contributed by atoms with Gasteiger partial charge in [-0.25, -0.2) is 4.79 Å². The number of carbonyl (C=O) groups excluding carboxylic acids is 1. The van der Waals surface area contributed by atoms with E-state index in [2.05, 4.69) is 6.58 Å². The highest BCUT2D eigenvalue weighted by molar-refractivity contribution is 5.90. The van der Waals surface area contributed by atoms with Crippen LogP contribution in [0.25, 0.3) is 0 Å². The molecule has 14 heavy (non-hydrogen) atoms. The lowest BCUT2D eigenvalue weighted by Crippen LogP contribution is -2.00. The summed E-state index contributed by atoms with van der Waals surface area (Å²) in [6.45, 7) is 3.56. The molecule has 72 valence electrons. The van der Waals surface area contributed by atoms with Crippen molar-refractivity contribution in [3.8, 4) is 0 Å². The number of aromatic carboxylic acids is 1. The van der Waals surface area contributed by atoms with Crippen LogP contribution in [-0.4, -0.2) is 17.4 Å². The topological polar surface area (TPSA) is 54.4 Å². The molecule has 1 aromatic carbocycles. The standard InChI is InChI=1S/C11H10O3/c1-2-3-8-4-5-9(11(13)14)6-10(8)7-12/h2,4-7H,1,3H2,(H,13,14). The third-order valence-corrected chi connectivity index (χ3v) is 1.88. The van der Waals surface area contributed by atoms with E-state index >= 15 is 0 Å². The molecule has 0 atom stereocenters. The maximum absolute atomic E-state index is 10.6. The maximum Gasteiger partial charge on any atom is 0.335 e. The van der Waals surface area contributed by atoms with Crippen molar-refractivity contribution >= 4 is 12.3 Å². The molecule has 0 aliphatic carbocycles. The third kappa shape index (κ3) is 2.07. The lowest BCUT2D eigenvalue weighted by Gasteiger charge is -2.02. The SMILES string of the molecule is C=CCc1ccc(C(=O)O)cc1C=O. The van der Waals surface area contributed by atoms with E-state index in [9.17, 15) is 9.59 Å². The predicted molar refractivity (Wildman–Crippen MR) is 52.7 cm³/mol. The Balaban J connectivity index is 3.17. The van der Waals surface area contributed by atoms with Gasteiger partial charge in [-0.2, -0.15) is 0 Å². The lowest BCUT2D eigenvalue weighted by atomic mass is 10.0. The number of benzene rings is 1. The molecule has 0 saturated carbocycles. The second-order valence-electron chi connectivity index (χ2n) is 2.83. The fourth-order valence-electron chi connectivity index (χ4n) is 1.18. The van der Waals surface area contributed by atoms with Crippen molar-refractivity contribution in [1.29, 1.82) is 0 Å². The minimum atomic E-state index is -1.03. The van der Waals surface area contributed by atoms with Crippen LogP contribution in [0.1, 0.15) is 26.3 Å². The van der Waals surface area contributed by atoms with Gasteiger partial charge < -0.3 is 5.11 Å². The number of hydrogen-bond donors (Lipinski definition) is 1. The molecule has 1 N–H and O–H groups in total. The van der Waals surface area contributed by atoms with E-state index in [0.717, 1.165) is 5.56 Å². The molecule has 0 amide bonds. The summed E-state index contributed by atoms with van der Waals surface area (Å²) in [5, 5.41) is 8.69. The minimum Gasteiger partial charge on any atom is -0.478 e. The van der Waals surface area contributed by atoms with Crippen LogP contribution in [0.15, 0.2) is 30.9 Å². The van der Waals surface area contributed by atoms with Crippen LogP contribution in [-0.2, 0) is 6.42 Å². The van der Waals surface area contributed by atoms with Crippen LogP contribution in [0, 0.1) is 0 Å². The molecule has 0 bridgehead atoms. The molecule has 0 fully saturated rings. The first kappa shape index (κ1) is 10.2. The van der Waals surface area contributed by atoms with Gasteiger partial charge in [0.25, 0.3) is 0 Å². The van der Waals surface area contributed by atoms with Gasteiger partial charge in [0.15, 0.2) is 0 Å². The molecule has 0 aromatic heterocycles. The zero-order valence-corrected chi connectivity index (χ0v) is 7.56. The summed E-state index contributed by atoms with van der Waals surface area (Å²) in [5.74, 6) is -1.03. The number of carboxylic acid groups (broad SMARTS) is 1. The van der Waals surface area contributed by atoms with Crippen LogP contribution in [0.5, 0.6) is 0 Å². The maximum atomic E-state index is 10.6. The monoisotopic (exact) mass is 190 g/mol. The van der Waals surface area contributed by atoms with Crippen molar-refractivity contribution < 1.29 is 14.7 Å². The van der Waals surface area contributed by atoms with Crippen molar-refractivity contribution in [1.82, 2.24) is 0 Å². The quantitative estimate of drug-likeness (QED) is 0.583. The number of hydrogen-bond acceptors (Lipinski definition) is 2. The summed E-state index contributed by atoms with van der Waals surface area (Å²) >= 11 is 0. The fraction of sp³-hybridized carbons (Fsp3) is 0.0909. The van der Waals surface area contributed by atoms with E-state index < -0.39 is 5.97 Å². The highest BCUT2D eigenvalue weighted by Crippen LogP contribution is 2.11. The molecule has 0 aliphatic rings. The van der Waals surface area contributed by atoms with Crippen LogP contribution in [0.2, 0.25) is 0 Å². The summed E-state index contributed by atoms with van der Waals surface area (Å²) < 4.78 is 0. The summed E-state index contributed by atoms with van der Waals surface area (Å²) in [6.07, 6.45) is 2.89. The van der Waals surface area contributed by atoms with Crippen molar-refractivity contribution in [2.75, 3.05) is 0 Å². The first-order chi connectivity index (χ1) is 6.69. The average Bonchev–Trinajstić information content (AvgIpc) is 2.18. The summed E-state index contributed by atoms with van der Waals surface area (Å²) in [4.78, 5) is 21.3. The Kier molecular flexibility index (Phi) is 3.18. The minimum absolute atomic E-state index is 0.125. The van der Waals surface area contributed by atoms with Gasteiger partial charge in [-0.3, -0.25) is 4.79 Å². The Morgan fingerprint density at radius 1 is 1.50 bits per heavy atom. The molecule has 0 radical (unpaired) electrons. The number of allylic oxidation sites excluding steroid dienone is 1. The fourth-order valence-corrected chi connectivity index (χ4v) is 1.18. The van der Waals surface area contributed by atoms with Gasteiger partial charge in [0.2, 0.25) is 0 Å². The number of aldehydes is 1. The molecule has 1 rings (SSSR count). The molecule has 0 spiro atoms. The molecule has 3 heteroatoms. The van der Waals surface area contributed by atoms with Gasteiger partial charge in [0, 0.05) is 5.56 Å². The average molecular weight is 190 g/mol. The smallest absolute Gasteiger partial charge is 0.335 e. The second kappa shape index (κ2) is 4.37. The van der Waals surface area contributed by atoms with Gasteiger partial charge in [-0.05, 0) is 24.1 Å². The summed E-state index contributed by atoms with van der Waals surface area (Å²) in [6, 6.07) is 4.48. The molecular weight excluding hydrogens is 180 g/mol. The normalized spacial score (nSPS) is 9.43. The zero-order chi connectivity index (χ0) is 10.6. The van der Waals surface area contributed by atoms with Crippen LogP contribution >= 0.6 is 0 Å². The molecular formula is C11H10O3. The van der Waals surface area contributed by atoms with Gasteiger partial charge in [-0.15, -0.1) is 6.58 Å². The highest BCUT2D eigenvalue weighted by atomic mass is 16.4. The highest BCUT2D eigenvalue weighted by Gasteiger charge is 2.06. The van der Waals surface area contributed by atoms with Crippen molar-refractivity contribution in [3.05, 3.63) is 47.5 Å². The van der Waals surface area contributed by atoms with E-state index in [1.807, 2.05) is 0 Å². The molecule has 0 aliphatic heterocycles. The van der Waals surface area contributed by atoms with Crippen molar-refractivity contribution in [2.45, 2.75) is 6.42 Å². The number of carbonyl (C=O) groups is 2. The second-order valence-corrected chi connectivity index (χ2v) is 2.83. The van der Waals surface area contributed by atoms with E-state index in [1.54, 1.807) is 12.1 Å². The lowest BCUT2D eigenvalue weighted by molar-refractivity contribution is 0.0697. The number of carboxylic acids is 1. The zero-order valence-electron chi connectivity index (χ0n) is 7.56. The third-order valence-electron chi connectivity index (χ3n) is 1.88. The Labute approximate surface area is 81.7 Å². The van der Waals surface area contributed by atoms with Gasteiger partial charge in [0.1, 0.15) is 6.29 Å². The molecule has 0 unspecified atom stereocenters. The number of rotatable bonds is 4. The largest absolute Gasteiger partial charge is 0.478 e. The van der Waals surface area contributed by atoms with E-state index in [1.165, 1.54) is 12.1 Å². The van der Waals surface area contributed by atoms with Crippen LogP contribution < -0.4 is 0 Å². The van der Waals surface area contributed by atoms with Crippen LogP contribution in [0.3, 0.4) is 0 Å². The first-order valence-electron chi connectivity index (χ1n) is 4.11. The Hall–Kier alpha value is -1.90. The summed E-state index contributed by atoms with van der Waals surface area (Å²) in [7, 11) is 0. The molecule has 0 saturated heterocycles. The van der Waals surface area contributed by atoms with Gasteiger partial charge in [-0.1, -0.05) is 12.1 Å². The molecule has 0 heterocycles. The van der Waals surface area contributed by atoms with E-state index in [4.69, 9.17) is 5.11 Å². The first-order valence-corrected chi connectivity index (χ1v) is 4.11. The Bertz CT molecular complexity index is 380. The molecule has 1 aromatic rings. The van der Waals surface area contributed by atoms with Gasteiger partial charge >= 0.3 is 5.97 Å². The van der Waals surface area contributed by atoms with Crippen LogP contribution in [0.4, 0.5) is 0 Å². The Morgan fingerprint density at radius 2 is 2.21 bits per heavy atom. The molecule has 3 nitrogen and oxygen atoms in total. The Morgan fingerprint density at radius 3 is 2.71 bits per heavy atom.